The first kappa shape index (κ1) is 41.4. The van der Waals surface area contributed by atoms with Crippen LogP contribution in [0.2, 0.25) is 0 Å². The number of hydrogen-bond donors (Lipinski definition) is 0. The van der Waals surface area contributed by atoms with Crippen molar-refractivity contribution in [3.8, 4) is 0 Å². The van der Waals surface area contributed by atoms with Crippen LogP contribution in [0.25, 0.3) is 27.9 Å². The predicted octanol–water partition coefficient (Wildman–Crippen LogP) is 9.45. The molecule has 56 heavy (non-hydrogen) atoms. The molecular formula is C46H52N2O8. The normalized spacial score (nSPS) is 13.6. The summed E-state index contributed by atoms with van der Waals surface area (Å²) in [4.78, 5) is 60.2. The van der Waals surface area contributed by atoms with Crippen LogP contribution in [0.4, 0.5) is 0 Å². The number of esters is 3. The minimum Gasteiger partial charge on any atom is -0.465 e. The fourth-order valence-electron chi connectivity index (χ4n) is 6.62. The molecule has 5 aromatic rings. The number of carbonyl (C=O) groups is 4. The average Bonchev–Trinajstić information content (AvgIpc) is 3.56. The highest BCUT2D eigenvalue weighted by atomic mass is 16.6. The SMILES string of the molecule is COC(=O)c1ccc(C(C/C=C/c2nc3ccccc3o2)C(C)N(Cc2ccc3ccccc3c2)C(=O)CC(CC(=O)OC(C)(C)C)C(=O)OC(C)(C)C)cc1. The maximum absolute atomic E-state index is 14.8. The molecule has 0 saturated carbocycles. The lowest BCUT2D eigenvalue weighted by molar-refractivity contribution is -0.168. The van der Waals surface area contributed by atoms with E-state index in [1.165, 1.54) is 7.11 Å². The highest BCUT2D eigenvalue weighted by molar-refractivity contribution is 5.89. The van der Waals surface area contributed by atoms with Gasteiger partial charge in [-0.3, -0.25) is 14.4 Å². The molecule has 0 saturated heterocycles. The summed E-state index contributed by atoms with van der Waals surface area (Å²) in [6.45, 7) is 12.7. The number of para-hydroxylation sites is 2. The summed E-state index contributed by atoms with van der Waals surface area (Å²) < 4.78 is 22.2. The number of fused-ring (bicyclic) bond motifs is 2. The molecule has 0 spiro atoms. The Kier molecular flexibility index (Phi) is 13.2. The van der Waals surface area contributed by atoms with Crippen LogP contribution in [-0.2, 0) is 35.1 Å². The van der Waals surface area contributed by atoms with E-state index in [9.17, 15) is 19.2 Å². The molecule has 3 atom stereocenters. The first-order valence-electron chi connectivity index (χ1n) is 18.9. The van der Waals surface area contributed by atoms with Crippen LogP contribution in [-0.4, -0.2) is 58.1 Å². The largest absolute Gasteiger partial charge is 0.465 e. The summed E-state index contributed by atoms with van der Waals surface area (Å²) >= 11 is 0. The zero-order chi connectivity index (χ0) is 40.6. The van der Waals surface area contributed by atoms with Gasteiger partial charge in [0.05, 0.1) is 25.0 Å². The van der Waals surface area contributed by atoms with Gasteiger partial charge in [-0.05, 0) is 113 Å². The molecule has 0 fully saturated rings. The number of amides is 1. The Hall–Kier alpha value is -5.77. The molecule has 0 radical (unpaired) electrons. The summed E-state index contributed by atoms with van der Waals surface area (Å²) in [6.07, 6.45) is 3.65. The number of aromatic nitrogens is 1. The lowest BCUT2D eigenvalue weighted by Gasteiger charge is -2.36. The Morgan fingerprint density at radius 2 is 1.46 bits per heavy atom. The second kappa shape index (κ2) is 17.8. The Morgan fingerprint density at radius 1 is 0.804 bits per heavy atom. The van der Waals surface area contributed by atoms with E-state index in [0.29, 0.717) is 23.5 Å². The van der Waals surface area contributed by atoms with E-state index in [4.69, 9.17) is 18.6 Å². The molecule has 10 heteroatoms. The first-order chi connectivity index (χ1) is 26.5. The number of nitrogens with zero attached hydrogens (tertiary/aromatic N) is 2. The average molecular weight is 761 g/mol. The van der Waals surface area contributed by atoms with Gasteiger partial charge in [-0.15, -0.1) is 0 Å². The molecule has 4 aromatic carbocycles. The zero-order valence-corrected chi connectivity index (χ0v) is 33.5. The van der Waals surface area contributed by atoms with Gasteiger partial charge in [-0.1, -0.05) is 66.7 Å². The molecule has 5 rings (SSSR count). The Morgan fingerprint density at radius 3 is 2.12 bits per heavy atom. The third kappa shape index (κ3) is 11.4. The summed E-state index contributed by atoms with van der Waals surface area (Å²) in [5.41, 5.74) is 1.97. The van der Waals surface area contributed by atoms with Gasteiger partial charge in [0.15, 0.2) is 5.58 Å². The number of hydrogen-bond acceptors (Lipinski definition) is 9. The standard InChI is InChI=1S/C46H52N2O8/c1-30(37(33-22-24-34(25-23-33)43(51)53-8)16-13-19-40-47-38-17-11-12-18-39(38)54-40)48(29-31-20-21-32-14-9-10-15-35(32)26-31)41(49)27-36(44(52)56-46(5,6)7)28-42(50)55-45(2,3)4/h9-15,17-26,30,36-37H,16,27-29H2,1-8H3/b19-13+. The van der Waals surface area contributed by atoms with Gasteiger partial charge in [0.1, 0.15) is 16.7 Å². The molecule has 1 heterocycles. The summed E-state index contributed by atoms with van der Waals surface area (Å²) in [5.74, 6) is -2.95. The molecule has 0 aliphatic carbocycles. The summed E-state index contributed by atoms with van der Waals surface area (Å²) in [7, 11) is 1.33. The van der Waals surface area contributed by atoms with E-state index in [1.54, 1.807) is 58.6 Å². The number of methoxy groups -OCH3 is 1. The van der Waals surface area contributed by atoms with Crippen LogP contribution in [0.3, 0.4) is 0 Å². The van der Waals surface area contributed by atoms with Crippen LogP contribution in [0.1, 0.15) is 101 Å². The molecule has 1 amide bonds. The van der Waals surface area contributed by atoms with Crippen molar-refractivity contribution in [1.82, 2.24) is 9.88 Å². The van der Waals surface area contributed by atoms with E-state index in [0.717, 1.165) is 27.4 Å². The minimum absolute atomic E-state index is 0.226. The molecule has 0 N–H and O–H groups in total. The van der Waals surface area contributed by atoms with Crippen LogP contribution >= 0.6 is 0 Å². The molecule has 294 valence electrons. The predicted molar refractivity (Wildman–Crippen MR) is 217 cm³/mol. The molecule has 10 nitrogen and oxygen atoms in total. The topological polar surface area (TPSA) is 125 Å². The van der Waals surface area contributed by atoms with Crippen LogP contribution < -0.4 is 0 Å². The molecule has 1 aromatic heterocycles. The fourth-order valence-corrected chi connectivity index (χ4v) is 6.62. The molecule has 0 bridgehead atoms. The van der Waals surface area contributed by atoms with E-state index in [1.807, 2.05) is 91.9 Å². The fraction of sp³-hybridized carbons (Fsp3) is 0.370. The van der Waals surface area contributed by atoms with Crippen LogP contribution in [0, 0.1) is 5.92 Å². The minimum atomic E-state index is -1.08. The van der Waals surface area contributed by atoms with Crippen molar-refractivity contribution in [1.29, 1.82) is 0 Å². The van der Waals surface area contributed by atoms with Crippen molar-refractivity contribution in [3.05, 3.63) is 120 Å². The zero-order valence-electron chi connectivity index (χ0n) is 33.5. The molecule has 3 unspecified atom stereocenters. The van der Waals surface area contributed by atoms with Gasteiger partial charge in [0.25, 0.3) is 0 Å². The molecule has 0 aliphatic rings. The second-order valence-electron chi connectivity index (χ2n) is 16.0. The first-order valence-corrected chi connectivity index (χ1v) is 18.9. The molecular weight excluding hydrogens is 709 g/mol. The third-order valence-electron chi connectivity index (χ3n) is 9.28. The lowest BCUT2D eigenvalue weighted by Crippen LogP contribution is -2.43. The van der Waals surface area contributed by atoms with E-state index in [2.05, 4.69) is 11.1 Å². The number of benzene rings is 4. The monoisotopic (exact) mass is 760 g/mol. The van der Waals surface area contributed by atoms with Crippen molar-refractivity contribution in [2.45, 2.75) is 97.4 Å². The van der Waals surface area contributed by atoms with Gasteiger partial charge in [-0.25, -0.2) is 9.78 Å². The number of oxazole rings is 1. The Labute approximate surface area is 328 Å². The van der Waals surface area contributed by atoms with Crippen molar-refractivity contribution in [3.63, 3.8) is 0 Å². The van der Waals surface area contributed by atoms with Gasteiger partial charge in [-0.2, -0.15) is 0 Å². The van der Waals surface area contributed by atoms with Crippen molar-refractivity contribution in [2.24, 2.45) is 5.92 Å². The van der Waals surface area contributed by atoms with Gasteiger partial charge < -0.3 is 23.5 Å². The number of allylic oxidation sites excluding steroid dienone is 1. The third-order valence-corrected chi connectivity index (χ3v) is 9.28. The smallest absolute Gasteiger partial charge is 0.337 e. The van der Waals surface area contributed by atoms with Gasteiger partial charge in [0, 0.05) is 24.9 Å². The maximum Gasteiger partial charge on any atom is 0.337 e. The van der Waals surface area contributed by atoms with Gasteiger partial charge in [0.2, 0.25) is 11.8 Å². The van der Waals surface area contributed by atoms with E-state index in [-0.39, 0.29) is 31.2 Å². The highest BCUT2D eigenvalue weighted by Gasteiger charge is 2.35. The van der Waals surface area contributed by atoms with E-state index >= 15 is 0 Å². The Balaban J connectivity index is 1.53. The highest BCUT2D eigenvalue weighted by Crippen LogP contribution is 2.32. The second-order valence-corrected chi connectivity index (χ2v) is 16.0. The molecule has 0 aliphatic heterocycles. The van der Waals surface area contributed by atoms with Crippen LogP contribution in [0.5, 0.6) is 0 Å². The van der Waals surface area contributed by atoms with Crippen molar-refractivity contribution >= 4 is 51.8 Å². The summed E-state index contributed by atoms with van der Waals surface area (Å²) in [6, 6.07) is 28.3. The van der Waals surface area contributed by atoms with Crippen LogP contribution in [0.15, 0.2) is 101 Å². The Bertz CT molecular complexity index is 2160. The summed E-state index contributed by atoms with van der Waals surface area (Å²) in [5, 5.41) is 2.09. The number of carbonyl (C=O) groups excluding carboxylic acids is 4. The lowest BCUT2D eigenvalue weighted by atomic mass is 9.87. The van der Waals surface area contributed by atoms with E-state index < -0.39 is 41.1 Å². The number of ether oxygens (including phenoxy) is 3. The van der Waals surface area contributed by atoms with Crippen molar-refractivity contribution < 1.29 is 37.8 Å². The number of rotatable bonds is 14. The quantitative estimate of drug-likeness (QED) is 0.0804. The van der Waals surface area contributed by atoms with Crippen molar-refractivity contribution in [2.75, 3.05) is 7.11 Å². The van der Waals surface area contributed by atoms with Gasteiger partial charge >= 0.3 is 17.9 Å². The maximum atomic E-state index is 14.8.